The molecule has 0 amide bonds. The Morgan fingerprint density at radius 1 is 0.850 bits per heavy atom. The molecular formula is C29H28N8O3. The Morgan fingerprint density at radius 2 is 1.65 bits per heavy atom. The van der Waals surface area contributed by atoms with Gasteiger partial charge in [0, 0.05) is 41.3 Å². The summed E-state index contributed by atoms with van der Waals surface area (Å²) in [5, 5.41) is 2.48. The van der Waals surface area contributed by atoms with Gasteiger partial charge in [-0.05, 0) is 35.7 Å². The van der Waals surface area contributed by atoms with Gasteiger partial charge < -0.3 is 36.0 Å². The lowest BCUT2D eigenvalue weighted by Crippen LogP contribution is -2.33. The van der Waals surface area contributed by atoms with Crippen molar-refractivity contribution in [2.24, 2.45) is 5.73 Å². The van der Waals surface area contributed by atoms with E-state index in [1.165, 1.54) is 0 Å². The average molecular weight is 537 g/mol. The van der Waals surface area contributed by atoms with E-state index in [0.29, 0.717) is 41.3 Å². The highest BCUT2D eigenvalue weighted by Gasteiger charge is 2.15. The number of fused-ring (bicyclic) bond motifs is 4. The van der Waals surface area contributed by atoms with Gasteiger partial charge in [-0.3, -0.25) is 9.97 Å². The minimum Gasteiger partial charge on any atom is -0.493 e. The maximum absolute atomic E-state index is 6.40. The van der Waals surface area contributed by atoms with Crippen LogP contribution in [0.25, 0.3) is 44.0 Å². The molecule has 11 heteroatoms. The van der Waals surface area contributed by atoms with Crippen molar-refractivity contribution >= 4 is 44.5 Å². The van der Waals surface area contributed by atoms with Gasteiger partial charge in [0.05, 0.1) is 48.7 Å². The second-order valence-electron chi connectivity index (χ2n) is 9.39. The van der Waals surface area contributed by atoms with Gasteiger partial charge >= 0.3 is 0 Å². The number of methoxy groups -OCH3 is 2. The minimum atomic E-state index is -0.330. The normalized spacial score (nSPS) is 12.2. The van der Waals surface area contributed by atoms with Crippen LogP contribution in [0, 0.1) is 0 Å². The molecule has 6 aromatic rings. The number of imidazole rings is 1. The molecule has 6 N–H and O–H groups in total. The zero-order valence-corrected chi connectivity index (χ0v) is 22.0. The molecule has 0 bridgehead atoms. The summed E-state index contributed by atoms with van der Waals surface area (Å²) in [7, 11) is 3.19. The van der Waals surface area contributed by atoms with Crippen LogP contribution in [-0.2, 0) is 6.54 Å². The fourth-order valence-electron chi connectivity index (χ4n) is 4.82. The third-order valence-electron chi connectivity index (χ3n) is 6.79. The van der Waals surface area contributed by atoms with Crippen molar-refractivity contribution in [3.8, 4) is 28.5 Å². The van der Waals surface area contributed by atoms with Gasteiger partial charge in [-0.25, -0.2) is 9.97 Å². The lowest BCUT2D eigenvalue weighted by molar-refractivity contribution is 0.276. The Balaban J connectivity index is 1.27. The highest BCUT2D eigenvalue weighted by atomic mass is 16.5. The number of hydrogen-bond donors (Lipinski definition) is 3. The molecule has 0 aliphatic carbocycles. The monoisotopic (exact) mass is 536 g/mol. The fourth-order valence-corrected chi connectivity index (χ4v) is 4.82. The van der Waals surface area contributed by atoms with Crippen LogP contribution in [0.15, 0.2) is 67.1 Å². The summed E-state index contributed by atoms with van der Waals surface area (Å²) >= 11 is 0. The van der Waals surface area contributed by atoms with Gasteiger partial charge in [0.25, 0.3) is 0 Å². The van der Waals surface area contributed by atoms with E-state index in [-0.39, 0.29) is 12.6 Å². The number of benzene rings is 2. The van der Waals surface area contributed by atoms with Crippen LogP contribution in [0.1, 0.15) is 0 Å². The lowest BCUT2D eigenvalue weighted by Gasteiger charge is -2.16. The van der Waals surface area contributed by atoms with E-state index >= 15 is 0 Å². The Hall–Kier alpha value is -5.16. The van der Waals surface area contributed by atoms with Gasteiger partial charge in [-0.15, -0.1) is 0 Å². The molecule has 11 nitrogen and oxygen atoms in total. The Bertz CT molecular complexity index is 1870. The van der Waals surface area contributed by atoms with Crippen LogP contribution in [0.2, 0.25) is 0 Å². The summed E-state index contributed by atoms with van der Waals surface area (Å²) in [6, 6.07) is 15.0. The molecule has 0 saturated carbocycles. The predicted octanol–water partition coefficient (Wildman–Crippen LogP) is 3.78. The molecule has 40 heavy (non-hydrogen) atoms. The first-order valence-corrected chi connectivity index (χ1v) is 12.6. The fraction of sp³-hybridized carbons (Fsp3) is 0.172. The minimum absolute atomic E-state index is 0.252. The molecule has 6 rings (SSSR count). The molecule has 4 aromatic heterocycles. The first-order valence-electron chi connectivity index (χ1n) is 12.6. The highest BCUT2D eigenvalue weighted by Crippen LogP contribution is 2.37. The third kappa shape index (κ3) is 4.52. The Labute approximate surface area is 229 Å². The molecule has 0 radical (unpaired) electrons. The molecule has 0 aliphatic rings. The first-order chi connectivity index (χ1) is 19.4. The van der Waals surface area contributed by atoms with Crippen molar-refractivity contribution in [2.75, 3.05) is 32.3 Å². The Kier molecular flexibility index (Phi) is 6.40. The van der Waals surface area contributed by atoms with Crippen molar-refractivity contribution in [2.45, 2.75) is 12.6 Å². The smallest absolute Gasteiger partial charge is 0.201 e. The maximum Gasteiger partial charge on any atom is 0.201 e. The van der Waals surface area contributed by atoms with Crippen LogP contribution < -0.4 is 31.4 Å². The average Bonchev–Trinajstić information content (AvgIpc) is 3.29. The molecule has 0 saturated heterocycles. The van der Waals surface area contributed by atoms with E-state index in [2.05, 4.69) is 19.9 Å². The number of hydrogen-bond acceptors (Lipinski definition) is 10. The number of nitrogen functional groups attached to an aromatic ring is 2. The predicted molar refractivity (Wildman–Crippen MR) is 155 cm³/mol. The van der Waals surface area contributed by atoms with Crippen molar-refractivity contribution in [1.29, 1.82) is 0 Å². The van der Waals surface area contributed by atoms with E-state index in [0.717, 1.165) is 38.3 Å². The lowest BCUT2D eigenvalue weighted by atomic mass is 10.0. The topological polar surface area (TPSA) is 162 Å². The van der Waals surface area contributed by atoms with Crippen molar-refractivity contribution < 1.29 is 14.2 Å². The summed E-state index contributed by atoms with van der Waals surface area (Å²) in [6.07, 6.45) is 5.06. The SMILES string of the molecule is COc1cc2ncc3c(N)nc(-c4cncc(OC[C@@H](N)Cn5c(N)nc6ccccc65)c4)cc3c2cc1OC. The number of pyridine rings is 3. The molecule has 0 fully saturated rings. The van der Waals surface area contributed by atoms with E-state index in [4.69, 9.17) is 31.4 Å². The third-order valence-corrected chi connectivity index (χ3v) is 6.79. The van der Waals surface area contributed by atoms with Crippen molar-refractivity contribution in [3.63, 3.8) is 0 Å². The van der Waals surface area contributed by atoms with E-state index < -0.39 is 0 Å². The summed E-state index contributed by atoms with van der Waals surface area (Å²) in [4.78, 5) is 17.9. The second-order valence-corrected chi connectivity index (χ2v) is 9.39. The van der Waals surface area contributed by atoms with Crippen molar-refractivity contribution in [3.05, 3.63) is 67.1 Å². The summed E-state index contributed by atoms with van der Waals surface area (Å²) in [5.74, 6) is 2.53. The number of ether oxygens (including phenoxy) is 3. The van der Waals surface area contributed by atoms with Crippen molar-refractivity contribution in [1.82, 2.24) is 24.5 Å². The van der Waals surface area contributed by atoms with Crippen LogP contribution in [-0.4, -0.2) is 51.4 Å². The van der Waals surface area contributed by atoms with E-state index in [9.17, 15) is 0 Å². The number of nitrogens with zero attached hydrogens (tertiary/aromatic N) is 5. The molecule has 4 heterocycles. The number of rotatable bonds is 8. The van der Waals surface area contributed by atoms with Gasteiger partial charge in [0.15, 0.2) is 11.5 Å². The van der Waals surface area contributed by atoms with Crippen LogP contribution in [0.3, 0.4) is 0 Å². The van der Waals surface area contributed by atoms with Gasteiger partial charge in [-0.1, -0.05) is 12.1 Å². The molecule has 0 aliphatic heterocycles. The number of aromatic nitrogens is 5. The largest absolute Gasteiger partial charge is 0.493 e. The molecule has 0 unspecified atom stereocenters. The van der Waals surface area contributed by atoms with Crippen LogP contribution in [0.5, 0.6) is 17.2 Å². The van der Waals surface area contributed by atoms with Gasteiger partial charge in [0.1, 0.15) is 18.2 Å². The second kappa shape index (κ2) is 10.2. The number of anilines is 2. The summed E-state index contributed by atoms with van der Waals surface area (Å²) in [5.41, 5.74) is 22.8. The molecule has 2 aromatic carbocycles. The standard InChI is InChI=1S/C29H28N8O3/c1-38-26-9-20-19-8-23(35-28(31)21(19)13-34-24(20)10-27(26)39-2)16-7-18(12-33-11-16)40-15-17(30)14-37-25-6-4-3-5-22(25)36-29(37)32/h3-13,17H,14-15,30H2,1-2H3,(H2,31,35)(H2,32,36)/t17-/m0/s1. The maximum atomic E-state index is 6.40. The Morgan fingerprint density at radius 3 is 2.48 bits per heavy atom. The van der Waals surface area contributed by atoms with Crippen LogP contribution >= 0.6 is 0 Å². The zero-order chi connectivity index (χ0) is 27.8. The van der Waals surface area contributed by atoms with E-state index in [1.807, 2.05) is 53.1 Å². The number of para-hydroxylation sites is 2. The highest BCUT2D eigenvalue weighted by molar-refractivity contribution is 6.10. The summed E-state index contributed by atoms with van der Waals surface area (Å²) in [6.45, 7) is 0.708. The van der Waals surface area contributed by atoms with Gasteiger partial charge in [-0.2, -0.15) is 0 Å². The van der Waals surface area contributed by atoms with Crippen LogP contribution in [0.4, 0.5) is 11.8 Å². The summed E-state index contributed by atoms with van der Waals surface area (Å²) < 4.78 is 18.9. The number of nitrogens with two attached hydrogens (primary N) is 3. The van der Waals surface area contributed by atoms with Gasteiger partial charge in [0.2, 0.25) is 5.95 Å². The first kappa shape index (κ1) is 25.1. The molecule has 202 valence electrons. The molecule has 1 atom stereocenters. The molecular weight excluding hydrogens is 508 g/mol. The van der Waals surface area contributed by atoms with E-state index in [1.54, 1.807) is 32.8 Å². The zero-order valence-electron chi connectivity index (χ0n) is 22.0. The quantitative estimate of drug-likeness (QED) is 0.244. The molecule has 0 spiro atoms.